The predicted molar refractivity (Wildman–Crippen MR) is 96.3 cm³/mol. The molecule has 1 aromatic heterocycles. The number of hydrogen-bond donors (Lipinski definition) is 2. The van der Waals surface area contributed by atoms with Gasteiger partial charge in [0.25, 0.3) is 5.56 Å². The molecule has 3 N–H and O–H groups in total. The van der Waals surface area contributed by atoms with Crippen LogP contribution in [0.15, 0.2) is 47.3 Å². The molecule has 0 atom stereocenters. The second-order valence-electron chi connectivity index (χ2n) is 5.88. The summed E-state index contributed by atoms with van der Waals surface area (Å²) >= 11 is 0. The quantitative estimate of drug-likeness (QED) is 0.449. The van der Waals surface area contributed by atoms with Crippen molar-refractivity contribution in [3.8, 4) is 0 Å². The number of aromatic nitrogens is 2. The van der Waals surface area contributed by atoms with Gasteiger partial charge in [0, 0.05) is 44.4 Å². The Labute approximate surface area is 145 Å². The molecule has 1 saturated heterocycles. The minimum absolute atomic E-state index is 0.120. The van der Waals surface area contributed by atoms with E-state index in [2.05, 4.69) is 32.5 Å². The van der Waals surface area contributed by atoms with Crippen LogP contribution in [0.2, 0.25) is 0 Å². The fourth-order valence-corrected chi connectivity index (χ4v) is 2.88. The standard InChI is InChI=1S/C17H22N6O2/c18-19-16(24)8-9-23-17(25)7-6-15(20-23)22-12-10-21(11-13-22)14-4-2-1-3-5-14/h1-7H,8-13,18H2,(H,19,24). The van der Waals surface area contributed by atoms with Crippen molar-refractivity contribution in [3.63, 3.8) is 0 Å². The van der Waals surface area contributed by atoms with Crippen molar-refractivity contribution in [2.45, 2.75) is 13.0 Å². The highest BCUT2D eigenvalue weighted by Gasteiger charge is 2.19. The highest BCUT2D eigenvalue weighted by molar-refractivity contribution is 5.75. The molecule has 0 radical (unpaired) electrons. The van der Waals surface area contributed by atoms with Gasteiger partial charge in [-0.25, -0.2) is 10.5 Å². The summed E-state index contributed by atoms with van der Waals surface area (Å²) in [4.78, 5) is 27.6. The number of hydrogen-bond acceptors (Lipinski definition) is 6. The molecular weight excluding hydrogens is 320 g/mol. The first-order valence-corrected chi connectivity index (χ1v) is 8.30. The van der Waals surface area contributed by atoms with Gasteiger partial charge in [-0.1, -0.05) is 18.2 Å². The Morgan fingerprint density at radius 1 is 1.04 bits per heavy atom. The number of aryl methyl sites for hydroxylation is 1. The van der Waals surface area contributed by atoms with Crippen molar-refractivity contribution in [2.24, 2.45) is 5.84 Å². The Kier molecular flexibility index (Phi) is 5.30. The lowest BCUT2D eigenvalue weighted by Crippen LogP contribution is -2.47. The van der Waals surface area contributed by atoms with Crippen LogP contribution in [0.25, 0.3) is 0 Å². The first-order chi connectivity index (χ1) is 12.2. The number of carbonyl (C=O) groups is 1. The molecule has 25 heavy (non-hydrogen) atoms. The third kappa shape index (κ3) is 4.16. The average Bonchev–Trinajstić information content (AvgIpc) is 2.68. The van der Waals surface area contributed by atoms with Gasteiger partial charge in [0.15, 0.2) is 0 Å². The Morgan fingerprint density at radius 2 is 1.72 bits per heavy atom. The van der Waals surface area contributed by atoms with Crippen LogP contribution in [0.5, 0.6) is 0 Å². The van der Waals surface area contributed by atoms with E-state index in [0.717, 1.165) is 32.0 Å². The maximum Gasteiger partial charge on any atom is 0.266 e. The molecule has 1 aliphatic rings. The number of para-hydroxylation sites is 1. The van der Waals surface area contributed by atoms with Crippen LogP contribution in [-0.4, -0.2) is 41.9 Å². The zero-order valence-electron chi connectivity index (χ0n) is 14.0. The zero-order valence-corrected chi connectivity index (χ0v) is 14.0. The van der Waals surface area contributed by atoms with Crippen molar-refractivity contribution in [1.82, 2.24) is 15.2 Å². The number of piperazine rings is 1. The molecule has 0 unspecified atom stereocenters. The normalized spacial score (nSPS) is 14.4. The fraction of sp³-hybridized carbons (Fsp3) is 0.353. The zero-order chi connectivity index (χ0) is 17.6. The van der Waals surface area contributed by atoms with E-state index in [-0.39, 0.29) is 24.4 Å². The molecule has 3 rings (SSSR count). The van der Waals surface area contributed by atoms with Gasteiger partial charge in [-0.2, -0.15) is 5.10 Å². The number of nitrogens with two attached hydrogens (primary N) is 1. The minimum Gasteiger partial charge on any atom is -0.368 e. The molecule has 8 heteroatoms. The Morgan fingerprint density at radius 3 is 2.40 bits per heavy atom. The summed E-state index contributed by atoms with van der Waals surface area (Å²) in [6.07, 6.45) is 0.120. The SMILES string of the molecule is NNC(=O)CCn1nc(N2CCN(c3ccccc3)CC2)ccc1=O. The van der Waals surface area contributed by atoms with Gasteiger partial charge in [-0.15, -0.1) is 0 Å². The van der Waals surface area contributed by atoms with E-state index >= 15 is 0 Å². The van der Waals surface area contributed by atoms with E-state index in [0.29, 0.717) is 0 Å². The van der Waals surface area contributed by atoms with Gasteiger partial charge in [0.2, 0.25) is 5.91 Å². The number of anilines is 2. The lowest BCUT2D eigenvalue weighted by molar-refractivity contribution is -0.121. The molecule has 1 aromatic carbocycles. The number of benzene rings is 1. The van der Waals surface area contributed by atoms with Crippen LogP contribution in [0.4, 0.5) is 11.5 Å². The summed E-state index contributed by atoms with van der Waals surface area (Å²) in [6, 6.07) is 13.5. The Bertz CT molecular complexity index is 768. The van der Waals surface area contributed by atoms with Crippen LogP contribution < -0.4 is 26.6 Å². The van der Waals surface area contributed by atoms with Crippen molar-refractivity contribution >= 4 is 17.4 Å². The van der Waals surface area contributed by atoms with Crippen LogP contribution in [0.3, 0.4) is 0 Å². The van der Waals surface area contributed by atoms with Gasteiger partial charge in [0.1, 0.15) is 5.82 Å². The van der Waals surface area contributed by atoms with Crippen molar-refractivity contribution < 1.29 is 4.79 Å². The third-order valence-corrected chi connectivity index (χ3v) is 4.29. The summed E-state index contributed by atoms with van der Waals surface area (Å²) in [5.74, 6) is 5.49. The smallest absolute Gasteiger partial charge is 0.266 e. The van der Waals surface area contributed by atoms with Gasteiger partial charge >= 0.3 is 0 Å². The van der Waals surface area contributed by atoms with E-state index in [9.17, 15) is 9.59 Å². The summed E-state index contributed by atoms with van der Waals surface area (Å²) in [5, 5.41) is 4.39. The molecule has 1 amide bonds. The van der Waals surface area contributed by atoms with Gasteiger partial charge < -0.3 is 9.80 Å². The topological polar surface area (TPSA) is 96.5 Å². The molecule has 1 aliphatic heterocycles. The number of nitrogens with one attached hydrogen (secondary N) is 1. The lowest BCUT2D eigenvalue weighted by atomic mass is 10.2. The van der Waals surface area contributed by atoms with E-state index in [4.69, 9.17) is 5.84 Å². The van der Waals surface area contributed by atoms with Crippen molar-refractivity contribution in [2.75, 3.05) is 36.0 Å². The van der Waals surface area contributed by atoms with Crippen molar-refractivity contribution in [3.05, 3.63) is 52.8 Å². The van der Waals surface area contributed by atoms with E-state index < -0.39 is 0 Å². The summed E-state index contributed by atoms with van der Waals surface area (Å²) in [5.41, 5.74) is 3.05. The number of carbonyl (C=O) groups excluding carboxylic acids is 1. The van der Waals surface area contributed by atoms with Crippen LogP contribution in [0.1, 0.15) is 6.42 Å². The lowest BCUT2D eigenvalue weighted by Gasteiger charge is -2.36. The average molecular weight is 342 g/mol. The molecule has 1 fully saturated rings. The second-order valence-corrected chi connectivity index (χ2v) is 5.88. The second kappa shape index (κ2) is 7.80. The van der Waals surface area contributed by atoms with E-state index in [1.54, 1.807) is 6.07 Å². The number of amides is 1. The predicted octanol–water partition coefficient (Wildman–Crippen LogP) is -0.0501. The number of rotatable bonds is 5. The van der Waals surface area contributed by atoms with Crippen LogP contribution in [-0.2, 0) is 11.3 Å². The Balaban J connectivity index is 1.65. The molecule has 2 heterocycles. The molecule has 0 spiro atoms. The largest absolute Gasteiger partial charge is 0.368 e. The number of hydrazine groups is 1. The molecule has 0 bridgehead atoms. The highest BCUT2D eigenvalue weighted by Crippen LogP contribution is 2.18. The highest BCUT2D eigenvalue weighted by atomic mass is 16.2. The maximum atomic E-state index is 11.9. The van der Waals surface area contributed by atoms with Crippen molar-refractivity contribution in [1.29, 1.82) is 0 Å². The number of nitrogens with zero attached hydrogens (tertiary/aromatic N) is 4. The molecule has 8 nitrogen and oxygen atoms in total. The fourth-order valence-electron chi connectivity index (χ4n) is 2.88. The maximum absolute atomic E-state index is 11.9. The summed E-state index contributed by atoms with van der Waals surface area (Å²) in [7, 11) is 0. The van der Waals surface area contributed by atoms with Crippen LogP contribution >= 0.6 is 0 Å². The van der Waals surface area contributed by atoms with E-state index in [1.807, 2.05) is 18.2 Å². The first-order valence-electron chi connectivity index (χ1n) is 8.30. The molecule has 132 valence electrons. The van der Waals surface area contributed by atoms with Crippen LogP contribution in [0, 0.1) is 0 Å². The Hall–Kier alpha value is -2.87. The summed E-state index contributed by atoms with van der Waals surface area (Å²) < 4.78 is 1.31. The first kappa shape index (κ1) is 17.0. The molecule has 2 aromatic rings. The molecule has 0 saturated carbocycles. The minimum atomic E-state index is -0.324. The van der Waals surface area contributed by atoms with Gasteiger partial charge in [-0.3, -0.25) is 15.0 Å². The molecule has 0 aliphatic carbocycles. The van der Waals surface area contributed by atoms with Gasteiger partial charge in [-0.05, 0) is 18.2 Å². The van der Waals surface area contributed by atoms with Gasteiger partial charge in [0.05, 0.1) is 6.54 Å². The monoisotopic (exact) mass is 342 g/mol. The van der Waals surface area contributed by atoms with E-state index in [1.165, 1.54) is 16.4 Å². The molecular formula is C17H22N6O2. The third-order valence-electron chi connectivity index (χ3n) is 4.29. The summed E-state index contributed by atoms with van der Waals surface area (Å²) in [6.45, 7) is 3.63.